The Morgan fingerprint density at radius 2 is 0.887 bits per heavy atom. The molecule has 6 unspecified atom stereocenters. The number of carboxylic acids is 1. The van der Waals surface area contributed by atoms with Gasteiger partial charge in [0, 0.05) is 19.3 Å². The van der Waals surface area contributed by atoms with Crippen LogP contribution < -0.4 is 0 Å². The molecule has 1 saturated heterocycles. The highest BCUT2D eigenvalue weighted by atomic mass is 16.7. The van der Waals surface area contributed by atoms with Crippen LogP contribution in [0.2, 0.25) is 0 Å². The van der Waals surface area contributed by atoms with Gasteiger partial charge >= 0.3 is 23.9 Å². The van der Waals surface area contributed by atoms with E-state index in [2.05, 4.69) is 69.4 Å². The normalized spacial score (nSPS) is 18.8. The largest absolute Gasteiger partial charge is 0.479 e. The number of aliphatic carboxylic acids is 1. The van der Waals surface area contributed by atoms with Gasteiger partial charge in [0.2, 0.25) is 0 Å². The lowest BCUT2D eigenvalue weighted by Gasteiger charge is -2.40. The number of aliphatic hydroxyl groups excluding tert-OH is 2. The molecule has 6 atom stereocenters. The summed E-state index contributed by atoms with van der Waals surface area (Å²) in [5.74, 6) is -3.16. The molecule has 0 bridgehead atoms. The van der Waals surface area contributed by atoms with Crippen LogP contribution in [0.15, 0.2) is 48.6 Å². The van der Waals surface area contributed by atoms with Crippen molar-refractivity contribution in [2.24, 2.45) is 0 Å². The Bertz CT molecular complexity index is 1420. The number of carboxylic acid groups (broad SMARTS) is 1. The summed E-state index contributed by atoms with van der Waals surface area (Å²) in [5.41, 5.74) is 0. The fourth-order valence-electron chi connectivity index (χ4n) is 8.49. The molecular weight excluding hydrogens is 901 g/mol. The van der Waals surface area contributed by atoms with Crippen LogP contribution in [0.1, 0.15) is 252 Å². The Hall–Kier alpha value is -3.32. The van der Waals surface area contributed by atoms with Crippen LogP contribution in [0.25, 0.3) is 0 Å². The van der Waals surface area contributed by atoms with Crippen molar-refractivity contribution in [1.82, 2.24) is 0 Å². The lowest BCUT2D eigenvalue weighted by atomic mass is 9.98. The van der Waals surface area contributed by atoms with Crippen molar-refractivity contribution >= 4 is 23.9 Å². The summed E-state index contributed by atoms with van der Waals surface area (Å²) in [5, 5.41) is 31.4. The van der Waals surface area contributed by atoms with E-state index >= 15 is 0 Å². The average Bonchev–Trinajstić information content (AvgIpc) is 3.35. The van der Waals surface area contributed by atoms with E-state index in [1.54, 1.807) is 0 Å². The smallest absolute Gasteiger partial charge is 0.335 e. The minimum atomic E-state index is -1.90. The molecule has 0 aromatic rings. The van der Waals surface area contributed by atoms with Gasteiger partial charge in [0.1, 0.15) is 18.8 Å². The summed E-state index contributed by atoms with van der Waals surface area (Å²) >= 11 is 0. The summed E-state index contributed by atoms with van der Waals surface area (Å²) in [7, 11) is 0. The molecular formula is C59H102O12. The van der Waals surface area contributed by atoms with Crippen LogP contribution in [0, 0.1) is 0 Å². The number of aliphatic hydroxyl groups is 2. The van der Waals surface area contributed by atoms with Gasteiger partial charge in [-0.1, -0.05) is 204 Å². The molecule has 12 nitrogen and oxygen atoms in total. The van der Waals surface area contributed by atoms with Gasteiger partial charge < -0.3 is 39.0 Å². The Morgan fingerprint density at radius 3 is 1.38 bits per heavy atom. The van der Waals surface area contributed by atoms with Crippen molar-refractivity contribution in [3.05, 3.63) is 48.6 Å². The first-order chi connectivity index (χ1) is 34.6. The Morgan fingerprint density at radius 1 is 0.479 bits per heavy atom. The van der Waals surface area contributed by atoms with E-state index < -0.39 is 67.3 Å². The van der Waals surface area contributed by atoms with Crippen molar-refractivity contribution in [3.8, 4) is 0 Å². The molecule has 12 heteroatoms. The molecule has 1 aliphatic heterocycles. The van der Waals surface area contributed by atoms with Gasteiger partial charge in [0.15, 0.2) is 24.6 Å². The molecule has 1 fully saturated rings. The van der Waals surface area contributed by atoms with Gasteiger partial charge in [-0.3, -0.25) is 14.4 Å². The second-order valence-corrected chi connectivity index (χ2v) is 19.5. The van der Waals surface area contributed by atoms with Crippen molar-refractivity contribution in [1.29, 1.82) is 0 Å². The zero-order chi connectivity index (χ0) is 51.8. The maximum atomic E-state index is 13.1. The van der Waals surface area contributed by atoms with Crippen LogP contribution in [-0.4, -0.2) is 89.2 Å². The predicted octanol–water partition coefficient (Wildman–Crippen LogP) is 14.2. The second kappa shape index (κ2) is 47.7. The number of allylic oxidation sites excluding steroid dienone is 8. The average molecular weight is 1000 g/mol. The zero-order valence-electron chi connectivity index (χ0n) is 45.0. The van der Waals surface area contributed by atoms with E-state index in [1.807, 2.05) is 0 Å². The number of carbonyl (C=O) groups is 4. The number of hydrogen-bond acceptors (Lipinski definition) is 11. The highest BCUT2D eigenvalue weighted by Crippen LogP contribution is 2.26. The summed E-state index contributed by atoms with van der Waals surface area (Å²) in [6.45, 7) is 5.84. The topological polar surface area (TPSA) is 175 Å². The molecule has 0 aromatic heterocycles. The van der Waals surface area contributed by atoms with Crippen LogP contribution in [0.4, 0.5) is 0 Å². The molecule has 3 N–H and O–H groups in total. The number of ether oxygens (including phenoxy) is 5. The minimum Gasteiger partial charge on any atom is -0.479 e. The monoisotopic (exact) mass is 1000 g/mol. The van der Waals surface area contributed by atoms with E-state index in [0.29, 0.717) is 19.3 Å². The van der Waals surface area contributed by atoms with E-state index in [0.717, 1.165) is 103 Å². The summed E-state index contributed by atoms with van der Waals surface area (Å²) < 4.78 is 28.3. The SMILES string of the molecule is CC/C=C\C/C=C\C/C=C\CCCCCC(=O)OC(COC(=O)CCCCCCC/C=C\CCCCCCCC)COC1OC(C(=O)O)C(O)C(O)C1OC(=O)CCCCCCCCCCCCCCC. The highest BCUT2D eigenvalue weighted by molar-refractivity contribution is 5.74. The molecule has 0 amide bonds. The number of carbonyl (C=O) groups excluding carboxylic acids is 3. The molecule has 0 radical (unpaired) electrons. The van der Waals surface area contributed by atoms with Gasteiger partial charge in [-0.2, -0.15) is 0 Å². The maximum Gasteiger partial charge on any atom is 0.335 e. The first-order valence-corrected chi connectivity index (χ1v) is 28.6. The van der Waals surface area contributed by atoms with Crippen LogP contribution in [-0.2, 0) is 42.9 Å². The summed E-state index contributed by atoms with van der Waals surface area (Å²) in [4.78, 5) is 51.0. The summed E-state index contributed by atoms with van der Waals surface area (Å²) in [6, 6.07) is 0. The zero-order valence-corrected chi connectivity index (χ0v) is 45.0. The maximum absolute atomic E-state index is 13.1. The van der Waals surface area contributed by atoms with E-state index in [1.165, 1.54) is 89.9 Å². The second-order valence-electron chi connectivity index (χ2n) is 19.5. The van der Waals surface area contributed by atoms with Crippen molar-refractivity contribution in [2.45, 2.75) is 289 Å². The van der Waals surface area contributed by atoms with Gasteiger partial charge in [-0.15, -0.1) is 0 Å². The quantitative estimate of drug-likeness (QED) is 0.0228. The Kier molecular flexibility index (Phi) is 44.1. The van der Waals surface area contributed by atoms with Crippen LogP contribution >= 0.6 is 0 Å². The molecule has 0 aromatic carbocycles. The Balaban J connectivity index is 2.72. The lowest BCUT2D eigenvalue weighted by molar-refractivity contribution is -0.301. The number of hydrogen-bond donors (Lipinski definition) is 3. The van der Waals surface area contributed by atoms with Crippen molar-refractivity contribution < 1.29 is 58.2 Å². The standard InChI is InChI=1S/C59H102O12/c1-4-7-10-13-16-19-22-25-26-29-30-33-36-39-42-45-51(60)67-48-50(69-52(61)46-43-40-37-34-31-27-23-20-17-14-11-8-5-2)49-68-59-57(55(64)54(63)56(71-59)58(65)66)70-53(62)47-44-41-38-35-32-28-24-21-18-15-12-9-6-3/h8,11,17,20,25-27,31,50,54-57,59,63-64H,4-7,9-10,12-16,18-19,21-24,28-30,32-49H2,1-3H3,(H,65,66)/b11-8-,20-17-,26-25-,31-27-. The first kappa shape index (κ1) is 65.7. The third kappa shape index (κ3) is 38.0. The first-order valence-electron chi connectivity index (χ1n) is 28.6. The van der Waals surface area contributed by atoms with Gasteiger partial charge in [0.05, 0.1) is 6.61 Å². The number of unbranched alkanes of at least 4 members (excludes halogenated alkanes) is 26. The molecule has 410 valence electrons. The molecule has 1 heterocycles. The third-order valence-electron chi connectivity index (χ3n) is 12.9. The van der Waals surface area contributed by atoms with Gasteiger partial charge in [0.25, 0.3) is 0 Å². The number of esters is 3. The third-order valence-corrected chi connectivity index (χ3v) is 12.9. The highest BCUT2D eigenvalue weighted by Gasteiger charge is 2.50. The lowest BCUT2D eigenvalue weighted by Crippen LogP contribution is -2.61. The molecule has 0 saturated carbocycles. The van der Waals surface area contributed by atoms with Crippen LogP contribution in [0.3, 0.4) is 0 Å². The van der Waals surface area contributed by atoms with Crippen molar-refractivity contribution in [2.75, 3.05) is 13.2 Å². The van der Waals surface area contributed by atoms with Gasteiger partial charge in [-0.25, -0.2) is 4.79 Å². The van der Waals surface area contributed by atoms with Gasteiger partial charge in [-0.05, 0) is 77.0 Å². The van der Waals surface area contributed by atoms with E-state index in [4.69, 9.17) is 23.7 Å². The van der Waals surface area contributed by atoms with Crippen molar-refractivity contribution in [3.63, 3.8) is 0 Å². The molecule has 0 spiro atoms. The van der Waals surface area contributed by atoms with E-state index in [-0.39, 0.29) is 25.9 Å². The Labute approximate surface area is 431 Å². The summed E-state index contributed by atoms with van der Waals surface area (Å²) in [6.07, 6.45) is 43.8. The van der Waals surface area contributed by atoms with E-state index in [9.17, 15) is 34.5 Å². The molecule has 71 heavy (non-hydrogen) atoms. The van der Waals surface area contributed by atoms with Crippen LogP contribution in [0.5, 0.6) is 0 Å². The fraction of sp³-hybridized carbons (Fsp3) is 0.797. The predicted molar refractivity (Wildman–Crippen MR) is 285 cm³/mol. The molecule has 0 aliphatic carbocycles. The fourth-order valence-corrected chi connectivity index (χ4v) is 8.49. The molecule has 1 rings (SSSR count). The molecule has 1 aliphatic rings. The minimum absolute atomic E-state index is 0.0594. The number of rotatable bonds is 48.